The van der Waals surface area contributed by atoms with Crippen LogP contribution in [0.3, 0.4) is 0 Å². The van der Waals surface area contributed by atoms with Gasteiger partial charge in [-0.25, -0.2) is 4.98 Å². The number of ether oxygens (including phenoxy) is 1. The number of benzene rings is 2. The van der Waals surface area contributed by atoms with E-state index < -0.39 is 0 Å². The van der Waals surface area contributed by atoms with Gasteiger partial charge >= 0.3 is 0 Å². The van der Waals surface area contributed by atoms with Crippen molar-refractivity contribution in [2.75, 3.05) is 13.7 Å². The van der Waals surface area contributed by atoms with Crippen molar-refractivity contribution in [2.45, 2.75) is 59.2 Å². The lowest BCUT2D eigenvalue weighted by Gasteiger charge is -2.24. The van der Waals surface area contributed by atoms with E-state index >= 15 is 0 Å². The van der Waals surface area contributed by atoms with Gasteiger partial charge in [0.2, 0.25) is 0 Å². The highest BCUT2D eigenvalue weighted by Crippen LogP contribution is 2.28. The van der Waals surface area contributed by atoms with E-state index in [1.54, 1.807) is 7.11 Å². The Hall–Kier alpha value is -2.30. The highest BCUT2D eigenvalue weighted by atomic mass is 35.5. The maximum atomic E-state index is 6.73. The second-order valence-electron chi connectivity index (χ2n) is 7.96. The van der Waals surface area contributed by atoms with Gasteiger partial charge in [0.15, 0.2) is 5.15 Å². The van der Waals surface area contributed by atoms with Gasteiger partial charge in [0.05, 0.1) is 12.8 Å². The number of aromatic nitrogens is 2. The van der Waals surface area contributed by atoms with Gasteiger partial charge in [0, 0.05) is 25.2 Å². The molecule has 3 rings (SSSR count). The average molecular weight is 440 g/mol. The van der Waals surface area contributed by atoms with Crippen LogP contribution >= 0.6 is 11.6 Å². The Balaban J connectivity index is 1.91. The molecule has 0 aliphatic carbocycles. The van der Waals surface area contributed by atoms with Crippen LogP contribution in [-0.2, 0) is 19.6 Å². The minimum Gasteiger partial charge on any atom is -0.497 e. The molecule has 1 heterocycles. The fourth-order valence-corrected chi connectivity index (χ4v) is 4.05. The lowest BCUT2D eigenvalue weighted by Crippen LogP contribution is -2.25. The molecule has 0 atom stereocenters. The third-order valence-corrected chi connectivity index (χ3v) is 5.84. The van der Waals surface area contributed by atoms with Crippen molar-refractivity contribution >= 4 is 11.6 Å². The average Bonchev–Trinajstić information content (AvgIpc) is 3.11. The molecule has 1 aromatic heterocycles. The van der Waals surface area contributed by atoms with Crippen molar-refractivity contribution in [2.24, 2.45) is 0 Å². The number of hydrogen-bond donors (Lipinski definition) is 0. The molecule has 0 fully saturated rings. The third-order valence-electron chi connectivity index (χ3n) is 5.53. The zero-order valence-corrected chi connectivity index (χ0v) is 19.7. The van der Waals surface area contributed by atoms with E-state index in [0.717, 1.165) is 74.7 Å². The maximum absolute atomic E-state index is 6.73. The fourth-order valence-electron chi connectivity index (χ4n) is 3.81. The van der Waals surface area contributed by atoms with E-state index in [9.17, 15) is 0 Å². The molecule has 4 nitrogen and oxygen atoms in total. The number of imidazole rings is 1. The van der Waals surface area contributed by atoms with E-state index in [1.165, 1.54) is 5.56 Å². The second kappa shape index (κ2) is 11.9. The minimum atomic E-state index is 0.613. The quantitative estimate of drug-likeness (QED) is 0.310. The van der Waals surface area contributed by atoms with Crippen molar-refractivity contribution in [3.8, 4) is 17.1 Å². The predicted molar refractivity (Wildman–Crippen MR) is 130 cm³/mol. The summed E-state index contributed by atoms with van der Waals surface area (Å²) in [6, 6.07) is 18.7. The number of hydrogen-bond acceptors (Lipinski definition) is 3. The van der Waals surface area contributed by atoms with E-state index in [0.29, 0.717) is 5.15 Å². The molecule has 0 unspecified atom stereocenters. The zero-order chi connectivity index (χ0) is 22.1. The van der Waals surface area contributed by atoms with Gasteiger partial charge < -0.3 is 9.30 Å². The summed E-state index contributed by atoms with van der Waals surface area (Å²) in [6.45, 7) is 8.03. The van der Waals surface area contributed by atoms with E-state index in [4.69, 9.17) is 21.3 Å². The summed E-state index contributed by atoms with van der Waals surface area (Å²) >= 11 is 6.73. The number of halogens is 1. The Kier molecular flexibility index (Phi) is 8.98. The van der Waals surface area contributed by atoms with Crippen LogP contribution in [0.15, 0.2) is 54.6 Å². The van der Waals surface area contributed by atoms with Gasteiger partial charge in [-0.15, -0.1) is 0 Å². The first kappa shape index (κ1) is 23.4. The minimum absolute atomic E-state index is 0.613. The molecular weight excluding hydrogens is 406 g/mol. The summed E-state index contributed by atoms with van der Waals surface area (Å²) in [4.78, 5) is 7.25. The van der Waals surface area contributed by atoms with Gasteiger partial charge in [0.1, 0.15) is 11.6 Å². The Morgan fingerprint density at radius 2 is 1.74 bits per heavy atom. The van der Waals surface area contributed by atoms with Crippen LogP contribution in [0.5, 0.6) is 5.75 Å². The molecule has 0 radical (unpaired) electrons. The molecule has 2 aromatic carbocycles. The molecule has 5 heteroatoms. The standard InChI is InChI=1S/C26H34ClN3O/c1-4-6-16-29(19-21-12-11-15-23(18-21)31-3)20-24-25(27)28-26(30(24)17-7-5-2)22-13-9-8-10-14-22/h8-15,18H,4-7,16-17,19-20H2,1-3H3. The molecule has 0 saturated heterocycles. The first-order valence-corrected chi connectivity index (χ1v) is 11.7. The van der Waals surface area contributed by atoms with Crippen LogP contribution < -0.4 is 4.74 Å². The maximum Gasteiger partial charge on any atom is 0.152 e. The normalized spacial score (nSPS) is 11.3. The van der Waals surface area contributed by atoms with Crippen molar-refractivity contribution in [1.29, 1.82) is 0 Å². The van der Waals surface area contributed by atoms with Crippen LogP contribution in [-0.4, -0.2) is 28.1 Å². The molecule has 31 heavy (non-hydrogen) atoms. The van der Waals surface area contributed by atoms with Crippen LogP contribution in [0.1, 0.15) is 50.8 Å². The summed E-state index contributed by atoms with van der Waals surface area (Å²) in [7, 11) is 1.71. The number of rotatable bonds is 12. The van der Waals surface area contributed by atoms with Crippen molar-refractivity contribution in [1.82, 2.24) is 14.5 Å². The first-order valence-electron chi connectivity index (χ1n) is 11.3. The fraction of sp³-hybridized carbons (Fsp3) is 0.423. The summed E-state index contributed by atoms with van der Waals surface area (Å²) in [5, 5.41) is 0.613. The van der Waals surface area contributed by atoms with Gasteiger partial charge in [-0.2, -0.15) is 0 Å². The Morgan fingerprint density at radius 3 is 2.45 bits per heavy atom. The SMILES string of the molecule is CCCCN(Cc1cccc(OC)c1)Cc1c(Cl)nc(-c2ccccc2)n1CCCC. The molecule has 0 N–H and O–H groups in total. The monoisotopic (exact) mass is 439 g/mol. The molecule has 3 aromatic rings. The molecule has 0 saturated carbocycles. The van der Waals surface area contributed by atoms with Crippen molar-refractivity contribution < 1.29 is 4.74 Å². The molecular formula is C26H34ClN3O. The lowest BCUT2D eigenvalue weighted by molar-refractivity contribution is 0.245. The largest absolute Gasteiger partial charge is 0.497 e. The van der Waals surface area contributed by atoms with Crippen LogP contribution in [0.2, 0.25) is 5.15 Å². The first-order chi connectivity index (χ1) is 15.2. The summed E-state index contributed by atoms with van der Waals surface area (Å²) in [6.07, 6.45) is 4.54. The number of unbranched alkanes of at least 4 members (excludes halogenated alkanes) is 2. The van der Waals surface area contributed by atoms with Gasteiger partial charge in [-0.1, -0.05) is 80.8 Å². The van der Waals surface area contributed by atoms with Crippen LogP contribution in [0.4, 0.5) is 0 Å². The number of methoxy groups -OCH3 is 1. The van der Waals surface area contributed by atoms with E-state index in [2.05, 4.69) is 65.8 Å². The summed E-state index contributed by atoms with van der Waals surface area (Å²) in [5.74, 6) is 1.86. The Labute approximate surface area is 191 Å². The smallest absolute Gasteiger partial charge is 0.152 e. The van der Waals surface area contributed by atoms with Gasteiger partial charge in [0.25, 0.3) is 0 Å². The molecule has 0 amide bonds. The van der Waals surface area contributed by atoms with Crippen molar-refractivity contribution in [3.63, 3.8) is 0 Å². The lowest BCUT2D eigenvalue weighted by atomic mass is 10.2. The summed E-state index contributed by atoms with van der Waals surface area (Å²) in [5.41, 5.74) is 3.46. The van der Waals surface area contributed by atoms with Crippen LogP contribution in [0, 0.1) is 0 Å². The van der Waals surface area contributed by atoms with Gasteiger partial charge in [-0.05, 0) is 37.1 Å². The Bertz CT molecular complexity index is 939. The number of nitrogens with zero attached hydrogens (tertiary/aromatic N) is 3. The van der Waals surface area contributed by atoms with E-state index in [-0.39, 0.29) is 0 Å². The highest BCUT2D eigenvalue weighted by Gasteiger charge is 2.19. The topological polar surface area (TPSA) is 30.3 Å². The summed E-state index contributed by atoms with van der Waals surface area (Å²) < 4.78 is 7.74. The van der Waals surface area contributed by atoms with Crippen molar-refractivity contribution in [3.05, 3.63) is 71.0 Å². The zero-order valence-electron chi connectivity index (χ0n) is 19.0. The molecule has 0 aliphatic rings. The molecule has 166 valence electrons. The van der Waals surface area contributed by atoms with E-state index in [1.807, 2.05) is 12.1 Å². The molecule has 0 bridgehead atoms. The third kappa shape index (κ3) is 6.34. The Morgan fingerprint density at radius 1 is 0.968 bits per heavy atom. The van der Waals surface area contributed by atoms with Gasteiger partial charge in [-0.3, -0.25) is 4.90 Å². The molecule has 0 aliphatic heterocycles. The second-order valence-corrected chi connectivity index (χ2v) is 8.32. The predicted octanol–water partition coefficient (Wildman–Crippen LogP) is 6.81. The highest BCUT2D eigenvalue weighted by molar-refractivity contribution is 6.30. The molecule has 0 spiro atoms. The van der Waals surface area contributed by atoms with Crippen LogP contribution in [0.25, 0.3) is 11.4 Å².